The number of nitrogens with one attached hydrogen (secondary N) is 2. The van der Waals surface area contributed by atoms with Crippen LogP contribution in [0, 0.1) is 0 Å². The fraction of sp³-hybridized carbons (Fsp3) is 0.0455. The van der Waals surface area contributed by atoms with Crippen LogP contribution in [0.3, 0.4) is 0 Å². The molecule has 0 saturated carbocycles. The number of hydrogen-bond acceptors (Lipinski definition) is 5. The number of ether oxygens (including phenoxy) is 1. The van der Waals surface area contributed by atoms with Crippen molar-refractivity contribution in [3.05, 3.63) is 90.3 Å². The third-order valence-corrected chi connectivity index (χ3v) is 3.90. The van der Waals surface area contributed by atoms with E-state index in [0.29, 0.717) is 17.1 Å². The van der Waals surface area contributed by atoms with Gasteiger partial charge in [-0.25, -0.2) is 4.79 Å². The highest BCUT2D eigenvalue weighted by atomic mass is 16.5. The van der Waals surface area contributed by atoms with Gasteiger partial charge >= 0.3 is 6.09 Å². The van der Waals surface area contributed by atoms with Crippen molar-refractivity contribution in [2.24, 2.45) is 0 Å². The Morgan fingerprint density at radius 1 is 1.00 bits per heavy atom. The molecule has 0 atom stereocenters. The van der Waals surface area contributed by atoms with E-state index in [1.807, 2.05) is 6.07 Å². The molecular formula is C22H20N4O3. The fourth-order valence-corrected chi connectivity index (χ4v) is 2.42. The Bertz CT molecular complexity index is 1000. The van der Waals surface area contributed by atoms with Gasteiger partial charge in [-0.2, -0.15) is 0 Å². The number of pyridine rings is 1. The van der Waals surface area contributed by atoms with Crippen LogP contribution in [0.15, 0.2) is 79.1 Å². The number of nitrogens with two attached hydrogens (primary N) is 1. The van der Waals surface area contributed by atoms with Gasteiger partial charge in [0.1, 0.15) is 6.61 Å². The quantitative estimate of drug-likeness (QED) is 0.436. The van der Waals surface area contributed by atoms with Gasteiger partial charge in [-0.15, -0.1) is 0 Å². The van der Waals surface area contributed by atoms with E-state index in [0.717, 1.165) is 11.1 Å². The first-order chi connectivity index (χ1) is 14.1. The minimum absolute atomic E-state index is 0.140. The molecule has 0 spiro atoms. The molecule has 7 nitrogen and oxygen atoms in total. The number of nitrogen functional groups attached to an aromatic ring is 1. The molecule has 0 aliphatic carbocycles. The summed E-state index contributed by atoms with van der Waals surface area (Å²) < 4.78 is 5.14. The molecule has 2 amide bonds. The highest BCUT2D eigenvalue weighted by Gasteiger charge is 2.04. The average Bonchev–Trinajstić information content (AvgIpc) is 2.74. The van der Waals surface area contributed by atoms with Crippen molar-refractivity contribution >= 4 is 35.1 Å². The molecule has 3 rings (SSSR count). The van der Waals surface area contributed by atoms with Gasteiger partial charge in [-0.3, -0.25) is 15.1 Å². The molecular weight excluding hydrogens is 368 g/mol. The molecule has 146 valence electrons. The van der Waals surface area contributed by atoms with E-state index >= 15 is 0 Å². The molecule has 3 aromatic rings. The SMILES string of the molecule is Nc1ccccc1NC(=O)C=Cc1ccc(NC(=O)OCc2cccnc2)cc1. The smallest absolute Gasteiger partial charge is 0.411 e. The van der Waals surface area contributed by atoms with E-state index in [-0.39, 0.29) is 12.5 Å². The lowest BCUT2D eigenvalue weighted by molar-refractivity contribution is -0.111. The molecule has 0 aliphatic heterocycles. The summed E-state index contributed by atoms with van der Waals surface area (Å²) >= 11 is 0. The summed E-state index contributed by atoms with van der Waals surface area (Å²) in [7, 11) is 0. The lowest BCUT2D eigenvalue weighted by Gasteiger charge is -2.07. The van der Waals surface area contributed by atoms with E-state index in [1.165, 1.54) is 6.08 Å². The summed E-state index contributed by atoms with van der Waals surface area (Å²) in [6.07, 6.45) is 5.81. The van der Waals surface area contributed by atoms with Crippen LogP contribution in [-0.4, -0.2) is 17.0 Å². The number of nitrogens with zero attached hydrogens (tertiary/aromatic N) is 1. The standard InChI is InChI=1S/C22H20N4O3/c23-19-5-1-2-6-20(19)26-21(27)12-9-16-7-10-18(11-8-16)25-22(28)29-15-17-4-3-13-24-14-17/h1-14H,15,23H2,(H,25,28)(H,26,27). The summed E-state index contributed by atoms with van der Waals surface area (Å²) in [6, 6.07) is 17.6. The van der Waals surface area contributed by atoms with Crippen LogP contribution in [0.25, 0.3) is 6.08 Å². The summed E-state index contributed by atoms with van der Waals surface area (Å²) in [5.74, 6) is -0.288. The molecule has 0 saturated heterocycles. The first-order valence-corrected chi connectivity index (χ1v) is 8.86. The maximum Gasteiger partial charge on any atom is 0.411 e. The zero-order valence-electron chi connectivity index (χ0n) is 15.5. The highest BCUT2D eigenvalue weighted by molar-refractivity contribution is 6.03. The van der Waals surface area contributed by atoms with Crippen molar-refractivity contribution in [1.29, 1.82) is 0 Å². The first kappa shape index (κ1) is 19.6. The molecule has 1 heterocycles. The Labute approximate surface area is 168 Å². The molecule has 0 aliphatic rings. The maximum atomic E-state index is 12.0. The van der Waals surface area contributed by atoms with Gasteiger partial charge in [-0.05, 0) is 42.0 Å². The van der Waals surface area contributed by atoms with Crippen LogP contribution in [0.5, 0.6) is 0 Å². The number of anilines is 3. The van der Waals surface area contributed by atoms with E-state index in [2.05, 4.69) is 15.6 Å². The normalized spacial score (nSPS) is 10.5. The van der Waals surface area contributed by atoms with Crippen LogP contribution in [0.1, 0.15) is 11.1 Å². The van der Waals surface area contributed by atoms with Gasteiger partial charge in [0.15, 0.2) is 0 Å². The van der Waals surface area contributed by atoms with Crippen LogP contribution in [-0.2, 0) is 16.1 Å². The van der Waals surface area contributed by atoms with Crippen LogP contribution >= 0.6 is 0 Å². The van der Waals surface area contributed by atoms with Gasteiger partial charge in [0.2, 0.25) is 5.91 Å². The monoisotopic (exact) mass is 388 g/mol. The summed E-state index contributed by atoms with van der Waals surface area (Å²) in [4.78, 5) is 27.8. The number of aromatic nitrogens is 1. The van der Waals surface area contributed by atoms with Crippen molar-refractivity contribution in [1.82, 2.24) is 4.98 Å². The third-order valence-electron chi connectivity index (χ3n) is 3.90. The molecule has 0 radical (unpaired) electrons. The lowest BCUT2D eigenvalue weighted by atomic mass is 10.2. The maximum absolute atomic E-state index is 12.0. The Morgan fingerprint density at radius 3 is 2.52 bits per heavy atom. The van der Waals surface area contributed by atoms with Crippen LogP contribution in [0.4, 0.5) is 21.9 Å². The number of hydrogen-bond donors (Lipinski definition) is 3. The number of amides is 2. The zero-order valence-corrected chi connectivity index (χ0v) is 15.5. The molecule has 7 heteroatoms. The predicted molar refractivity (Wildman–Crippen MR) is 113 cm³/mol. The van der Waals surface area contributed by atoms with Gasteiger partial charge in [-0.1, -0.05) is 30.3 Å². The van der Waals surface area contributed by atoms with Gasteiger partial charge in [0, 0.05) is 29.7 Å². The largest absolute Gasteiger partial charge is 0.444 e. The number of carbonyl (C=O) groups excluding carboxylic acids is 2. The molecule has 0 fully saturated rings. The number of rotatable bonds is 6. The van der Waals surface area contributed by atoms with E-state index in [1.54, 1.807) is 73.1 Å². The van der Waals surface area contributed by atoms with Crippen molar-refractivity contribution in [2.75, 3.05) is 16.4 Å². The summed E-state index contributed by atoms with van der Waals surface area (Å²) in [5, 5.41) is 5.36. The second kappa shape index (κ2) is 9.70. The lowest BCUT2D eigenvalue weighted by Crippen LogP contribution is -2.13. The van der Waals surface area contributed by atoms with Gasteiger partial charge in [0.25, 0.3) is 0 Å². The molecule has 29 heavy (non-hydrogen) atoms. The van der Waals surface area contributed by atoms with Gasteiger partial charge < -0.3 is 15.8 Å². The van der Waals surface area contributed by atoms with E-state index < -0.39 is 6.09 Å². The summed E-state index contributed by atoms with van der Waals surface area (Å²) in [5.41, 5.74) is 9.05. The highest BCUT2D eigenvalue weighted by Crippen LogP contribution is 2.17. The Kier molecular flexibility index (Phi) is 6.57. The van der Waals surface area contributed by atoms with Crippen LogP contribution < -0.4 is 16.4 Å². The van der Waals surface area contributed by atoms with E-state index in [4.69, 9.17) is 10.5 Å². The van der Waals surface area contributed by atoms with Crippen molar-refractivity contribution in [3.8, 4) is 0 Å². The minimum Gasteiger partial charge on any atom is -0.444 e. The first-order valence-electron chi connectivity index (χ1n) is 8.86. The van der Waals surface area contributed by atoms with Gasteiger partial charge in [0.05, 0.1) is 11.4 Å². The Hall–Kier alpha value is -4.13. The molecule has 0 bridgehead atoms. The Morgan fingerprint density at radius 2 is 1.79 bits per heavy atom. The number of carbonyl (C=O) groups is 2. The Balaban J connectivity index is 1.49. The number of para-hydroxylation sites is 2. The molecule has 1 aromatic heterocycles. The topological polar surface area (TPSA) is 106 Å². The third kappa shape index (κ3) is 6.21. The van der Waals surface area contributed by atoms with Crippen molar-refractivity contribution in [2.45, 2.75) is 6.61 Å². The molecule has 4 N–H and O–H groups in total. The molecule has 2 aromatic carbocycles. The summed E-state index contributed by atoms with van der Waals surface area (Å²) in [6.45, 7) is 0.140. The van der Waals surface area contributed by atoms with Crippen molar-refractivity contribution < 1.29 is 14.3 Å². The second-order valence-corrected chi connectivity index (χ2v) is 6.09. The average molecular weight is 388 g/mol. The fourth-order valence-electron chi connectivity index (χ4n) is 2.42. The van der Waals surface area contributed by atoms with Crippen LogP contribution in [0.2, 0.25) is 0 Å². The predicted octanol–water partition coefficient (Wildman–Crippen LogP) is 4.06. The number of benzene rings is 2. The zero-order chi connectivity index (χ0) is 20.5. The molecule has 0 unspecified atom stereocenters. The van der Waals surface area contributed by atoms with E-state index in [9.17, 15) is 9.59 Å². The second-order valence-electron chi connectivity index (χ2n) is 6.09. The van der Waals surface area contributed by atoms with Crippen molar-refractivity contribution in [3.63, 3.8) is 0 Å². The minimum atomic E-state index is -0.558.